The van der Waals surface area contributed by atoms with Crippen molar-refractivity contribution in [3.05, 3.63) is 0 Å². The number of piperidine rings is 2. The average Bonchev–Trinajstić information content (AvgIpc) is 2.54. The van der Waals surface area contributed by atoms with Crippen LogP contribution in [0.5, 0.6) is 0 Å². The van der Waals surface area contributed by atoms with Crippen LogP contribution in [0.4, 0.5) is 4.79 Å². The Kier molecular flexibility index (Phi) is 16.8. The second-order valence-corrected chi connectivity index (χ2v) is 9.82. The number of nitrogens with zero attached hydrogens (tertiary/aromatic N) is 1. The molecule has 7 heteroatoms. The number of urea groups is 1. The van der Waals surface area contributed by atoms with Gasteiger partial charge in [0.05, 0.1) is 5.54 Å². The largest absolute Gasteiger partial charge is 0.352 e. The third-order valence-corrected chi connectivity index (χ3v) is 3.99. The molecule has 2 saturated heterocycles. The van der Waals surface area contributed by atoms with Gasteiger partial charge in [0.15, 0.2) is 0 Å². The van der Waals surface area contributed by atoms with Gasteiger partial charge in [-0.2, -0.15) is 0 Å². The van der Waals surface area contributed by atoms with Crippen molar-refractivity contribution in [3.8, 4) is 0 Å². The van der Waals surface area contributed by atoms with Gasteiger partial charge in [-0.1, -0.05) is 12.8 Å². The molecule has 2 aliphatic heterocycles. The molecule has 0 aliphatic carbocycles. The van der Waals surface area contributed by atoms with Gasteiger partial charge in [0, 0.05) is 17.6 Å². The van der Waals surface area contributed by atoms with E-state index >= 15 is 0 Å². The Balaban J connectivity index is 0. The van der Waals surface area contributed by atoms with E-state index in [1.807, 2.05) is 41.5 Å². The van der Waals surface area contributed by atoms with Gasteiger partial charge in [-0.05, 0) is 94.2 Å². The molecule has 0 aromatic rings. The highest BCUT2D eigenvalue weighted by molar-refractivity contribution is 5.72. The Bertz CT molecular complexity index is 435. The van der Waals surface area contributed by atoms with Crippen molar-refractivity contribution in [2.75, 3.05) is 13.1 Å². The van der Waals surface area contributed by atoms with Crippen LogP contribution < -0.4 is 21.7 Å². The van der Waals surface area contributed by atoms with E-state index in [0.29, 0.717) is 0 Å². The summed E-state index contributed by atoms with van der Waals surface area (Å²) < 4.78 is 0. The van der Waals surface area contributed by atoms with Crippen molar-refractivity contribution in [2.24, 2.45) is 10.7 Å². The Hall–Kier alpha value is -1.43. The molecule has 0 saturated carbocycles. The van der Waals surface area contributed by atoms with Crippen molar-refractivity contribution in [3.63, 3.8) is 0 Å². The van der Waals surface area contributed by atoms with Crippen LogP contribution in [0.1, 0.15) is 93.9 Å². The van der Waals surface area contributed by atoms with Crippen LogP contribution in [0.2, 0.25) is 0 Å². The molecular formula is C22H47N5O2. The minimum absolute atomic E-state index is 0.203. The van der Waals surface area contributed by atoms with E-state index in [2.05, 4.69) is 34.8 Å². The maximum absolute atomic E-state index is 10.1. The van der Waals surface area contributed by atoms with Crippen molar-refractivity contribution in [2.45, 2.75) is 117 Å². The minimum Gasteiger partial charge on any atom is -0.352 e. The molecule has 0 aromatic heterocycles. The van der Waals surface area contributed by atoms with E-state index < -0.39 is 6.03 Å². The Labute approximate surface area is 179 Å². The number of carbonyl (C=O) groups excluding carboxylic acids is 2. The second-order valence-electron chi connectivity index (χ2n) is 9.82. The van der Waals surface area contributed by atoms with Gasteiger partial charge in [-0.15, -0.1) is 0 Å². The minimum atomic E-state index is -0.475. The molecule has 172 valence electrons. The van der Waals surface area contributed by atoms with Crippen molar-refractivity contribution in [1.29, 1.82) is 0 Å². The molecule has 7 nitrogen and oxygen atoms in total. The summed E-state index contributed by atoms with van der Waals surface area (Å²) in [5.74, 6) is 0. The quantitative estimate of drug-likeness (QED) is 0.357. The van der Waals surface area contributed by atoms with Crippen LogP contribution in [-0.4, -0.2) is 48.4 Å². The zero-order valence-electron chi connectivity index (χ0n) is 20.2. The smallest absolute Gasteiger partial charge is 0.312 e. The van der Waals surface area contributed by atoms with Crippen molar-refractivity contribution in [1.82, 2.24) is 16.0 Å². The number of hydrogen-bond acceptors (Lipinski definition) is 5. The highest BCUT2D eigenvalue weighted by atomic mass is 16.2. The summed E-state index contributed by atoms with van der Waals surface area (Å²) in [6.07, 6.45) is 9.84. The lowest BCUT2D eigenvalue weighted by Gasteiger charge is -2.18. The first-order valence-corrected chi connectivity index (χ1v) is 10.9. The van der Waals surface area contributed by atoms with Crippen molar-refractivity contribution >= 4 is 12.1 Å². The highest BCUT2D eigenvalue weighted by Gasteiger charge is 2.09. The number of nitrogens with one attached hydrogen (secondary N) is 3. The lowest BCUT2D eigenvalue weighted by atomic mass is 10.1. The average molecular weight is 414 g/mol. The molecular weight excluding hydrogens is 366 g/mol. The summed E-state index contributed by atoms with van der Waals surface area (Å²) in [7, 11) is 0. The van der Waals surface area contributed by atoms with Gasteiger partial charge >= 0.3 is 6.03 Å². The Morgan fingerprint density at radius 3 is 1.41 bits per heavy atom. The first kappa shape index (κ1) is 29.8. The monoisotopic (exact) mass is 413 g/mol. The van der Waals surface area contributed by atoms with E-state index in [9.17, 15) is 9.59 Å². The summed E-state index contributed by atoms with van der Waals surface area (Å²) in [6, 6.07) is 1.10. The summed E-state index contributed by atoms with van der Waals surface area (Å²) in [4.78, 5) is 23.1. The predicted octanol–water partition coefficient (Wildman–Crippen LogP) is 3.87. The second kappa shape index (κ2) is 16.4. The number of nitrogens with two attached hydrogens (primary N) is 1. The molecule has 5 N–H and O–H groups in total. The van der Waals surface area contributed by atoms with Gasteiger partial charge in [0.2, 0.25) is 6.08 Å². The molecule has 2 atom stereocenters. The van der Waals surface area contributed by atoms with Gasteiger partial charge in [-0.3, -0.25) is 0 Å². The molecule has 2 rings (SSSR count). The fourth-order valence-electron chi connectivity index (χ4n) is 2.56. The number of rotatable bonds is 0. The lowest BCUT2D eigenvalue weighted by Crippen LogP contribution is -2.43. The molecule has 29 heavy (non-hydrogen) atoms. The maximum atomic E-state index is 10.1. The third kappa shape index (κ3) is 28.9. The summed E-state index contributed by atoms with van der Waals surface area (Å²) >= 11 is 0. The van der Waals surface area contributed by atoms with Gasteiger partial charge in [0.25, 0.3) is 0 Å². The zero-order chi connectivity index (χ0) is 22.9. The van der Waals surface area contributed by atoms with E-state index in [4.69, 9.17) is 5.73 Å². The SMILES string of the molecule is CC(C)(C)N=C=O.CC(C)(C)NC(N)=O.CC1CCCCN1.CC1CCCCN1. The summed E-state index contributed by atoms with van der Waals surface area (Å²) in [5, 5.41) is 9.28. The summed E-state index contributed by atoms with van der Waals surface area (Å²) in [5.41, 5.74) is 4.38. The Morgan fingerprint density at radius 1 is 0.931 bits per heavy atom. The topological polar surface area (TPSA) is 109 Å². The number of amides is 2. The lowest BCUT2D eigenvalue weighted by molar-refractivity contribution is 0.240. The molecule has 0 spiro atoms. The molecule has 2 heterocycles. The number of primary amides is 1. The highest BCUT2D eigenvalue weighted by Crippen LogP contribution is 2.05. The number of carbonyl (C=O) groups is 1. The van der Waals surface area contributed by atoms with Crippen molar-refractivity contribution < 1.29 is 9.59 Å². The van der Waals surface area contributed by atoms with Crippen LogP contribution >= 0.6 is 0 Å². The molecule has 2 aliphatic rings. The van der Waals surface area contributed by atoms with Crippen LogP contribution in [0.3, 0.4) is 0 Å². The number of aliphatic imine (C=N–C) groups is 1. The van der Waals surface area contributed by atoms with Crippen LogP contribution in [0, 0.1) is 0 Å². The van der Waals surface area contributed by atoms with Crippen LogP contribution in [-0.2, 0) is 4.79 Å². The Morgan fingerprint density at radius 2 is 1.34 bits per heavy atom. The van der Waals surface area contributed by atoms with Crippen LogP contribution in [0.25, 0.3) is 0 Å². The van der Waals surface area contributed by atoms with Gasteiger partial charge in [-0.25, -0.2) is 14.6 Å². The number of hydrogen-bond donors (Lipinski definition) is 4. The standard InChI is InChI=1S/2C6H13N.C5H12N2O.C5H9NO/c2*1-6-4-2-3-5-7-6;1-5(2,3)7-4(6)8;1-5(2,3)6-4-7/h2*6-7H,2-5H2,1H3;1-3H3,(H3,6,7,8);1-3H3. The fourth-order valence-corrected chi connectivity index (χ4v) is 2.56. The predicted molar refractivity (Wildman–Crippen MR) is 123 cm³/mol. The fraction of sp³-hybridized carbons (Fsp3) is 0.909. The van der Waals surface area contributed by atoms with Gasteiger partial charge in [0.1, 0.15) is 0 Å². The van der Waals surface area contributed by atoms with E-state index in [-0.39, 0.29) is 11.1 Å². The summed E-state index contributed by atoms with van der Waals surface area (Å²) in [6.45, 7) is 18.1. The molecule has 0 bridgehead atoms. The van der Waals surface area contributed by atoms with E-state index in [1.165, 1.54) is 57.7 Å². The first-order valence-electron chi connectivity index (χ1n) is 10.9. The molecule has 2 amide bonds. The molecule has 2 unspecified atom stereocenters. The zero-order valence-corrected chi connectivity index (χ0v) is 20.2. The third-order valence-electron chi connectivity index (χ3n) is 3.99. The van der Waals surface area contributed by atoms with E-state index in [0.717, 1.165) is 12.1 Å². The van der Waals surface area contributed by atoms with Crippen LogP contribution in [0.15, 0.2) is 4.99 Å². The normalized spacial score (nSPS) is 21.4. The maximum Gasteiger partial charge on any atom is 0.312 e. The first-order chi connectivity index (χ1) is 13.3. The molecule has 2 fully saturated rings. The van der Waals surface area contributed by atoms with E-state index in [1.54, 1.807) is 0 Å². The number of isocyanates is 1. The molecule has 0 aromatic carbocycles. The molecule has 0 radical (unpaired) electrons. The van der Waals surface area contributed by atoms with Gasteiger partial charge < -0.3 is 21.7 Å².